The van der Waals surface area contributed by atoms with Crippen LogP contribution in [-0.4, -0.2) is 53.8 Å². The van der Waals surface area contributed by atoms with Crippen LogP contribution in [0.1, 0.15) is 18.1 Å². The van der Waals surface area contributed by atoms with Gasteiger partial charge in [0, 0.05) is 43.9 Å². The molecule has 1 aliphatic rings. The van der Waals surface area contributed by atoms with Crippen molar-refractivity contribution in [1.29, 1.82) is 0 Å². The highest BCUT2D eigenvalue weighted by atomic mass is 35.5. The Morgan fingerprint density at radius 2 is 1.91 bits per heavy atom. The lowest BCUT2D eigenvalue weighted by atomic mass is 10.1. The van der Waals surface area contributed by atoms with Crippen LogP contribution in [0.2, 0.25) is 5.02 Å². The SMILES string of the molecule is CC1CN(Cc2ccc(F)cc2)CCN1C(=O)C=Cc1cc(OC(F)(F)F)c(Cl)cc1NC(N)=O. The number of primary amides is 1. The molecule has 3 rings (SSSR count). The molecule has 1 unspecified atom stereocenters. The molecule has 2 aromatic rings. The number of amides is 3. The second kappa shape index (κ2) is 11.0. The zero-order valence-corrected chi connectivity index (χ0v) is 19.4. The van der Waals surface area contributed by atoms with Crippen LogP contribution in [0.5, 0.6) is 5.75 Å². The summed E-state index contributed by atoms with van der Waals surface area (Å²) in [5.74, 6) is -1.36. The van der Waals surface area contributed by atoms with E-state index in [0.717, 1.165) is 17.7 Å². The van der Waals surface area contributed by atoms with E-state index in [-0.39, 0.29) is 29.0 Å². The molecule has 2 aromatic carbocycles. The minimum Gasteiger partial charge on any atom is -0.404 e. The largest absolute Gasteiger partial charge is 0.573 e. The van der Waals surface area contributed by atoms with E-state index in [1.165, 1.54) is 24.3 Å². The quantitative estimate of drug-likeness (QED) is 0.435. The number of nitrogens with two attached hydrogens (primary N) is 1. The standard InChI is InChI=1S/C23H23ClF4N4O3/c1-14-12-31(13-15-2-5-17(25)6-3-15)8-9-32(14)21(33)7-4-16-10-20(35-23(26,27)28)18(24)11-19(16)30-22(29)34/h2-7,10-11,14H,8-9,12-13H2,1H3,(H3,29,30,34). The summed E-state index contributed by atoms with van der Waals surface area (Å²) in [6, 6.07) is 7.10. The third-order valence-corrected chi connectivity index (χ3v) is 5.60. The molecule has 0 aromatic heterocycles. The molecule has 0 spiro atoms. The normalized spacial score (nSPS) is 17.0. The van der Waals surface area contributed by atoms with Gasteiger partial charge in [-0.1, -0.05) is 23.7 Å². The van der Waals surface area contributed by atoms with Crippen LogP contribution in [0.3, 0.4) is 0 Å². The first-order chi connectivity index (χ1) is 16.4. The van der Waals surface area contributed by atoms with E-state index in [0.29, 0.717) is 26.2 Å². The van der Waals surface area contributed by atoms with Gasteiger partial charge in [-0.2, -0.15) is 0 Å². The Balaban J connectivity index is 1.71. The van der Waals surface area contributed by atoms with Crippen molar-refractivity contribution in [1.82, 2.24) is 9.80 Å². The van der Waals surface area contributed by atoms with Crippen molar-refractivity contribution >= 4 is 35.3 Å². The number of urea groups is 1. The van der Waals surface area contributed by atoms with Crippen LogP contribution in [0.25, 0.3) is 6.08 Å². The summed E-state index contributed by atoms with van der Waals surface area (Å²) in [6.45, 7) is 4.06. The van der Waals surface area contributed by atoms with E-state index < -0.39 is 23.2 Å². The molecular weight excluding hydrogens is 492 g/mol. The Labute approximate surface area is 204 Å². The lowest BCUT2D eigenvalue weighted by molar-refractivity contribution is -0.274. The predicted octanol–water partition coefficient (Wildman–Crippen LogP) is 4.61. The molecule has 0 radical (unpaired) electrons. The summed E-state index contributed by atoms with van der Waals surface area (Å²) < 4.78 is 55.1. The number of nitrogens with zero attached hydrogens (tertiary/aromatic N) is 2. The van der Waals surface area contributed by atoms with Gasteiger partial charge in [-0.3, -0.25) is 9.69 Å². The number of carbonyl (C=O) groups is 2. The van der Waals surface area contributed by atoms with E-state index in [9.17, 15) is 27.2 Å². The zero-order chi connectivity index (χ0) is 25.8. The molecule has 0 bridgehead atoms. The van der Waals surface area contributed by atoms with Gasteiger partial charge in [0.15, 0.2) is 0 Å². The maximum absolute atomic E-state index is 13.1. The third kappa shape index (κ3) is 7.59. The number of halogens is 5. The molecule has 3 amide bonds. The number of alkyl halides is 3. The van der Waals surface area contributed by atoms with E-state index in [1.54, 1.807) is 17.0 Å². The van der Waals surface area contributed by atoms with Gasteiger partial charge >= 0.3 is 12.4 Å². The molecule has 3 N–H and O–H groups in total. The molecule has 1 saturated heterocycles. The fourth-order valence-corrected chi connectivity index (χ4v) is 3.96. The highest BCUT2D eigenvalue weighted by Crippen LogP contribution is 2.35. The van der Waals surface area contributed by atoms with Crippen LogP contribution >= 0.6 is 11.6 Å². The Bertz CT molecular complexity index is 1110. The topological polar surface area (TPSA) is 87.9 Å². The second-order valence-electron chi connectivity index (χ2n) is 7.98. The fraction of sp³-hybridized carbons (Fsp3) is 0.304. The highest BCUT2D eigenvalue weighted by molar-refractivity contribution is 6.32. The van der Waals surface area contributed by atoms with E-state index in [1.807, 2.05) is 6.92 Å². The number of carbonyl (C=O) groups excluding carboxylic acids is 2. The van der Waals surface area contributed by atoms with Crippen LogP contribution in [0.15, 0.2) is 42.5 Å². The summed E-state index contributed by atoms with van der Waals surface area (Å²) in [7, 11) is 0. The van der Waals surface area contributed by atoms with Crippen molar-refractivity contribution in [2.75, 3.05) is 25.0 Å². The molecule has 0 saturated carbocycles. The number of hydrogen-bond acceptors (Lipinski definition) is 4. The zero-order valence-electron chi connectivity index (χ0n) is 18.6. The molecule has 1 aliphatic heterocycles. The maximum atomic E-state index is 13.1. The summed E-state index contributed by atoms with van der Waals surface area (Å²) in [6.07, 6.45) is -2.54. The minimum absolute atomic E-state index is 0.0123. The summed E-state index contributed by atoms with van der Waals surface area (Å²) in [5.41, 5.74) is 6.13. The van der Waals surface area contributed by atoms with Gasteiger partial charge in [-0.25, -0.2) is 9.18 Å². The molecule has 1 atom stereocenters. The number of benzene rings is 2. The van der Waals surface area contributed by atoms with Crippen LogP contribution in [-0.2, 0) is 11.3 Å². The Kier molecular flexibility index (Phi) is 8.23. The maximum Gasteiger partial charge on any atom is 0.573 e. The Morgan fingerprint density at radius 1 is 1.23 bits per heavy atom. The van der Waals surface area contributed by atoms with Gasteiger partial charge in [0.2, 0.25) is 5.91 Å². The van der Waals surface area contributed by atoms with E-state index >= 15 is 0 Å². The van der Waals surface area contributed by atoms with Crippen LogP contribution in [0, 0.1) is 5.82 Å². The number of piperazine rings is 1. The third-order valence-electron chi connectivity index (χ3n) is 5.31. The first-order valence-electron chi connectivity index (χ1n) is 10.5. The number of hydrogen-bond donors (Lipinski definition) is 2. The van der Waals surface area contributed by atoms with Gasteiger partial charge in [0.25, 0.3) is 0 Å². The van der Waals surface area contributed by atoms with Crippen molar-refractivity contribution in [3.63, 3.8) is 0 Å². The number of nitrogens with one attached hydrogen (secondary N) is 1. The molecular formula is C23H23ClF4N4O3. The van der Waals surface area contributed by atoms with Crippen LogP contribution in [0.4, 0.5) is 28.0 Å². The first kappa shape index (κ1) is 26.3. The van der Waals surface area contributed by atoms with Crippen molar-refractivity contribution in [3.8, 4) is 5.75 Å². The molecule has 12 heteroatoms. The minimum atomic E-state index is -4.98. The summed E-state index contributed by atoms with van der Waals surface area (Å²) in [4.78, 5) is 27.9. The molecule has 188 valence electrons. The van der Waals surface area contributed by atoms with Crippen LogP contribution < -0.4 is 15.8 Å². The van der Waals surface area contributed by atoms with Gasteiger partial charge in [-0.05, 0) is 42.8 Å². The number of ether oxygens (including phenoxy) is 1. The average molecular weight is 515 g/mol. The lowest BCUT2D eigenvalue weighted by Gasteiger charge is -2.39. The molecule has 0 aliphatic carbocycles. The smallest absolute Gasteiger partial charge is 0.404 e. The monoisotopic (exact) mass is 514 g/mol. The van der Waals surface area contributed by atoms with E-state index in [2.05, 4.69) is 15.0 Å². The molecule has 7 nitrogen and oxygen atoms in total. The highest BCUT2D eigenvalue weighted by Gasteiger charge is 2.32. The first-order valence-corrected chi connectivity index (χ1v) is 10.9. The molecule has 1 fully saturated rings. The van der Waals surface area contributed by atoms with Crippen molar-refractivity contribution in [3.05, 3.63) is 64.4 Å². The molecule has 35 heavy (non-hydrogen) atoms. The molecule has 1 heterocycles. The summed E-state index contributed by atoms with van der Waals surface area (Å²) in [5, 5.41) is 1.86. The van der Waals surface area contributed by atoms with Gasteiger partial charge < -0.3 is 20.7 Å². The predicted molar refractivity (Wildman–Crippen MR) is 123 cm³/mol. The van der Waals surface area contributed by atoms with Gasteiger partial charge in [0.05, 0.1) is 10.7 Å². The Morgan fingerprint density at radius 3 is 2.51 bits per heavy atom. The summed E-state index contributed by atoms with van der Waals surface area (Å²) >= 11 is 5.83. The lowest BCUT2D eigenvalue weighted by Crippen LogP contribution is -2.53. The van der Waals surface area contributed by atoms with Crippen molar-refractivity contribution in [2.45, 2.75) is 25.9 Å². The number of anilines is 1. The Hall–Kier alpha value is -3.31. The fourth-order valence-electron chi connectivity index (χ4n) is 3.76. The van der Waals surface area contributed by atoms with Gasteiger partial charge in [-0.15, -0.1) is 13.2 Å². The number of rotatable bonds is 6. The second-order valence-corrected chi connectivity index (χ2v) is 8.39. The van der Waals surface area contributed by atoms with E-state index in [4.69, 9.17) is 17.3 Å². The van der Waals surface area contributed by atoms with Crippen molar-refractivity contribution in [2.24, 2.45) is 5.73 Å². The van der Waals surface area contributed by atoms with Crippen molar-refractivity contribution < 1.29 is 31.9 Å². The van der Waals surface area contributed by atoms with Gasteiger partial charge in [0.1, 0.15) is 11.6 Å². The average Bonchev–Trinajstić information content (AvgIpc) is 2.75.